The fraction of sp³-hybridized carbons (Fsp3) is 0.429. The molecule has 0 bridgehead atoms. The second kappa shape index (κ2) is 3.65. The lowest BCUT2D eigenvalue weighted by Gasteiger charge is -2.27. The molecule has 4 nitrogen and oxygen atoms in total. The van der Waals surface area contributed by atoms with Gasteiger partial charge in [-0.1, -0.05) is 19.1 Å². The predicted molar refractivity (Wildman–Crippen MR) is 65.4 cm³/mol. The Kier molecular flexibility index (Phi) is 2.32. The quantitative estimate of drug-likeness (QED) is 0.603. The Balaban J connectivity index is 1.97. The number of nitrogens with zero attached hydrogens (tertiary/aromatic N) is 1. The average Bonchev–Trinajstić information content (AvgIpc) is 3.15. The third kappa shape index (κ3) is 1.35. The molecule has 0 aliphatic carbocycles. The smallest absolute Gasteiger partial charge is 0.261 e. The van der Waals surface area contributed by atoms with E-state index < -0.39 is 0 Å². The van der Waals surface area contributed by atoms with E-state index in [4.69, 9.17) is 4.74 Å². The molecule has 2 aliphatic heterocycles. The Bertz CT molecular complexity index is 499. The van der Waals surface area contributed by atoms with Crippen molar-refractivity contribution in [1.29, 1.82) is 0 Å². The van der Waals surface area contributed by atoms with Gasteiger partial charge in [-0.2, -0.15) is 0 Å². The maximum atomic E-state index is 12.3. The molecule has 2 heterocycles. The minimum Gasteiger partial charge on any atom is -0.367 e. The van der Waals surface area contributed by atoms with Crippen molar-refractivity contribution in [2.45, 2.75) is 31.9 Å². The van der Waals surface area contributed by atoms with Crippen LogP contribution in [-0.2, 0) is 4.74 Å². The molecule has 0 radical (unpaired) electrons. The number of benzene rings is 1. The number of epoxide rings is 1. The zero-order valence-corrected chi connectivity index (χ0v) is 10.5. The summed E-state index contributed by atoms with van der Waals surface area (Å²) in [6.45, 7) is 4.53. The van der Waals surface area contributed by atoms with Crippen molar-refractivity contribution in [3.63, 3.8) is 0 Å². The van der Waals surface area contributed by atoms with Crippen molar-refractivity contribution in [1.82, 2.24) is 4.90 Å². The Morgan fingerprint density at radius 1 is 1.28 bits per heavy atom. The molecule has 0 N–H and O–H groups in total. The summed E-state index contributed by atoms with van der Waals surface area (Å²) < 4.78 is 5.47. The molecule has 94 valence electrons. The Morgan fingerprint density at radius 3 is 2.17 bits per heavy atom. The molecular weight excluding hydrogens is 230 g/mol. The molecule has 18 heavy (non-hydrogen) atoms. The third-order valence-corrected chi connectivity index (χ3v) is 4.09. The van der Waals surface area contributed by atoms with Crippen LogP contribution in [0.1, 0.15) is 41.0 Å². The highest BCUT2D eigenvalue weighted by molar-refractivity contribution is 6.21. The zero-order chi connectivity index (χ0) is 12.9. The van der Waals surface area contributed by atoms with E-state index in [0.717, 1.165) is 6.42 Å². The minimum absolute atomic E-state index is 0.202. The first-order valence-electron chi connectivity index (χ1n) is 6.21. The van der Waals surface area contributed by atoms with Gasteiger partial charge in [0, 0.05) is 0 Å². The van der Waals surface area contributed by atoms with Crippen LogP contribution in [-0.4, -0.2) is 35.0 Å². The van der Waals surface area contributed by atoms with Gasteiger partial charge in [0.2, 0.25) is 0 Å². The van der Waals surface area contributed by atoms with Gasteiger partial charge in [0.05, 0.1) is 23.8 Å². The van der Waals surface area contributed by atoms with Crippen LogP contribution in [0.5, 0.6) is 0 Å². The first-order valence-corrected chi connectivity index (χ1v) is 6.21. The van der Waals surface area contributed by atoms with E-state index in [9.17, 15) is 9.59 Å². The SMILES string of the molecule is CCC1(C(C)N2C(=O)c3ccccc3C2=O)CO1. The number of carbonyl (C=O) groups is 2. The summed E-state index contributed by atoms with van der Waals surface area (Å²) in [5.41, 5.74) is 0.676. The van der Waals surface area contributed by atoms with Crippen LogP contribution in [0.15, 0.2) is 24.3 Å². The molecule has 2 unspecified atom stereocenters. The summed E-state index contributed by atoms with van der Waals surface area (Å²) in [5, 5.41) is 0. The van der Waals surface area contributed by atoms with Crippen LogP contribution in [0.25, 0.3) is 0 Å². The van der Waals surface area contributed by atoms with Crippen LogP contribution < -0.4 is 0 Å². The zero-order valence-electron chi connectivity index (χ0n) is 10.5. The van der Waals surface area contributed by atoms with E-state index in [1.165, 1.54) is 4.90 Å². The number of ether oxygens (including phenoxy) is 1. The van der Waals surface area contributed by atoms with Crippen molar-refractivity contribution in [2.75, 3.05) is 6.61 Å². The van der Waals surface area contributed by atoms with Crippen LogP contribution in [0, 0.1) is 0 Å². The number of hydrogen-bond donors (Lipinski definition) is 0. The number of rotatable bonds is 3. The molecule has 1 saturated heterocycles. The summed E-state index contributed by atoms with van der Waals surface area (Å²) in [7, 11) is 0. The molecule has 1 fully saturated rings. The minimum atomic E-state index is -0.326. The molecule has 0 spiro atoms. The van der Waals surface area contributed by atoms with Crippen molar-refractivity contribution in [3.05, 3.63) is 35.4 Å². The van der Waals surface area contributed by atoms with Gasteiger partial charge < -0.3 is 4.74 Å². The highest BCUT2D eigenvalue weighted by atomic mass is 16.6. The topological polar surface area (TPSA) is 49.9 Å². The number of fused-ring (bicyclic) bond motifs is 1. The molecule has 0 aromatic heterocycles. The summed E-state index contributed by atoms with van der Waals surface area (Å²) >= 11 is 0. The average molecular weight is 245 g/mol. The number of carbonyl (C=O) groups excluding carboxylic acids is 2. The van der Waals surface area contributed by atoms with Gasteiger partial charge in [-0.15, -0.1) is 0 Å². The maximum absolute atomic E-state index is 12.3. The second-order valence-corrected chi connectivity index (χ2v) is 4.91. The van der Waals surface area contributed by atoms with Crippen molar-refractivity contribution in [3.8, 4) is 0 Å². The lowest BCUT2D eigenvalue weighted by Crippen LogP contribution is -2.46. The van der Waals surface area contributed by atoms with Gasteiger partial charge in [0.25, 0.3) is 11.8 Å². The van der Waals surface area contributed by atoms with Crippen molar-refractivity contribution >= 4 is 11.8 Å². The highest BCUT2D eigenvalue weighted by Crippen LogP contribution is 2.39. The summed E-state index contributed by atoms with van der Waals surface area (Å²) in [5.74, 6) is -0.405. The Morgan fingerprint density at radius 2 is 1.78 bits per heavy atom. The van der Waals surface area contributed by atoms with Gasteiger partial charge in [0.15, 0.2) is 0 Å². The van der Waals surface area contributed by atoms with Gasteiger partial charge in [0.1, 0.15) is 5.60 Å². The summed E-state index contributed by atoms with van der Waals surface area (Å²) in [6, 6.07) is 6.75. The van der Waals surface area contributed by atoms with E-state index in [0.29, 0.717) is 17.7 Å². The molecule has 0 saturated carbocycles. The largest absolute Gasteiger partial charge is 0.367 e. The summed E-state index contributed by atoms with van der Waals surface area (Å²) in [6.07, 6.45) is 0.807. The lowest BCUT2D eigenvalue weighted by atomic mass is 9.98. The molecule has 2 aliphatic rings. The summed E-state index contributed by atoms with van der Waals surface area (Å²) in [4.78, 5) is 25.9. The van der Waals surface area contributed by atoms with E-state index in [1.807, 2.05) is 13.8 Å². The number of hydrogen-bond acceptors (Lipinski definition) is 3. The first-order chi connectivity index (χ1) is 8.60. The first kappa shape index (κ1) is 11.4. The lowest BCUT2D eigenvalue weighted by molar-refractivity contribution is 0.0503. The molecule has 1 aromatic rings. The van der Waals surface area contributed by atoms with Crippen LogP contribution >= 0.6 is 0 Å². The maximum Gasteiger partial charge on any atom is 0.261 e. The van der Waals surface area contributed by atoms with Gasteiger partial charge in [-0.3, -0.25) is 14.5 Å². The van der Waals surface area contributed by atoms with Gasteiger partial charge >= 0.3 is 0 Å². The molecule has 4 heteroatoms. The molecular formula is C14H15NO3. The number of amides is 2. The van der Waals surface area contributed by atoms with Crippen LogP contribution in [0.3, 0.4) is 0 Å². The Labute approximate surface area is 106 Å². The Hall–Kier alpha value is -1.68. The molecule has 2 amide bonds. The van der Waals surface area contributed by atoms with E-state index in [2.05, 4.69) is 0 Å². The van der Waals surface area contributed by atoms with Gasteiger partial charge in [-0.25, -0.2) is 0 Å². The standard InChI is InChI=1S/C14H15NO3/c1-3-14(8-18-14)9(2)15-12(16)10-6-4-5-7-11(10)13(15)17/h4-7,9H,3,8H2,1-2H3. The van der Waals surface area contributed by atoms with E-state index in [-0.39, 0.29) is 23.5 Å². The van der Waals surface area contributed by atoms with Gasteiger partial charge in [-0.05, 0) is 25.5 Å². The highest BCUT2D eigenvalue weighted by Gasteiger charge is 2.54. The van der Waals surface area contributed by atoms with E-state index in [1.54, 1.807) is 24.3 Å². The molecule has 3 rings (SSSR count). The predicted octanol–water partition coefficient (Wildman–Crippen LogP) is 1.85. The van der Waals surface area contributed by atoms with Crippen LogP contribution in [0.2, 0.25) is 0 Å². The van der Waals surface area contributed by atoms with Crippen molar-refractivity contribution in [2.24, 2.45) is 0 Å². The monoisotopic (exact) mass is 245 g/mol. The molecule has 2 atom stereocenters. The second-order valence-electron chi connectivity index (χ2n) is 4.91. The fourth-order valence-corrected chi connectivity index (χ4v) is 2.63. The molecule has 1 aromatic carbocycles. The fourth-order valence-electron chi connectivity index (χ4n) is 2.63. The van der Waals surface area contributed by atoms with Crippen molar-refractivity contribution < 1.29 is 14.3 Å². The van der Waals surface area contributed by atoms with Crippen LogP contribution in [0.4, 0.5) is 0 Å². The normalized spacial score (nSPS) is 27.3. The van der Waals surface area contributed by atoms with E-state index >= 15 is 0 Å². The number of imide groups is 1. The third-order valence-electron chi connectivity index (χ3n) is 4.09.